The highest BCUT2D eigenvalue weighted by Crippen LogP contribution is 2.19. The molecule has 3 nitrogen and oxygen atoms in total. The van der Waals surface area contributed by atoms with Gasteiger partial charge in [0.05, 0.1) is 0 Å². The molecule has 1 saturated heterocycles. The molecule has 3 rings (SSSR count). The fraction of sp³-hybridized carbons (Fsp3) is 0.350. The number of hydrogen-bond acceptors (Lipinski definition) is 2. The number of carbonyl (C=O) groups is 1. The maximum atomic E-state index is 13.0. The maximum Gasteiger partial charge on any atom is 0.253 e. The van der Waals surface area contributed by atoms with E-state index in [-0.39, 0.29) is 11.7 Å². The molecule has 4 heteroatoms. The minimum absolute atomic E-state index is 0.0871. The monoisotopic (exact) mass is 326 g/mol. The van der Waals surface area contributed by atoms with E-state index in [1.165, 1.54) is 17.7 Å². The van der Waals surface area contributed by atoms with Gasteiger partial charge in [0.25, 0.3) is 5.91 Å². The van der Waals surface area contributed by atoms with E-state index in [1.807, 2.05) is 29.2 Å². The zero-order valence-electron chi connectivity index (χ0n) is 14.2. The first-order valence-electron chi connectivity index (χ1n) is 8.44. The Kier molecular flexibility index (Phi) is 4.84. The number of anilines is 1. The van der Waals surface area contributed by atoms with Crippen molar-refractivity contribution in [1.82, 2.24) is 4.90 Å². The molecular formula is C20H23FN2O. The summed E-state index contributed by atoms with van der Waals surface area (Å²) in [6, 6.07) is 14.4. The van der Waals surface area contributed by atoms with Crippen LogP contribution in [-0.2, 0) is 0 Å². The SMILES string of the molecule is CC(C)c1ccc(C(=O)N2CCN(c3ccc(F)cc3)CC2)cc1. The van der Waals surface area contributed by atoms with Crippen LogP contribution in [0.1, 0.15) is 35.7 Å². The van der Waals surface area contributed by atoms with E-state index in [2.05, 4.69) is 18.7 Å². The lowest BCUT2D eigenvalue weighted by molar-refractivity contribution is 0.0747. The fourth-order valence-corrected chi connectivity index (χ4v) is 3.01. The highest BCUT2D eigenvalue weighted by Gasteiger charge is 2.22. The second kappa shape index (κ2) is 7.04. The van der Waals surface area contributed by atoms with Gasteiger partial charge in [-0.25, -0.2) is 4.39 Å². The van der Waals surface area contributed by atoms with E-state index in [0.29, 0.717) is 19.0 Å². The van der Waals surface area contributed by atoms with Crippen molar-refractivity contribution in [2.45, 2.75) is 19.8 Å². The predicted molar refractivity (Wildman–Crippen MR) is 95.0 cm³/mol. The lowest BCUT2D eigenvalue weighted by Gasteiger charge is -2.36. The molecule has 0 spiro atoms. The van der Waals surface area contributed by atoms with Crippen molar-refractivity contribution < 1.29 is 9.18 Å². The van der Waals surface area contributed by atoms with Crippen LogP contribution in [0.2, 0.25) is 0 Å². The van der Waals surface area contributed by atoms with Gasteiger partial charge in [0, 0.05) is 37.4 Å². The van der Waals surface area contributed by atoms with E-state index in [9.17, 15) is 9.18 Å². The molecule has 1 aliphatic heterocycles. The Labute approximate surface area is 142 Å². The van der Waals surface area contributed by atoms with Gasteiger partial charge < -0.3 is 9.80 Å². The molecule has 0 aromatic heterocycles. The fourth-order valence-electron chi connectivity index (χ4n) is 3.01. The molecule has 0 bridgehead atoms. The summed E-state index contributed by atoms with van der Waals surface area (Å²) < 4.78 is 13.0. The second-order valence-electron chi connectivity index (χ2n) is 6.53. The molecule has 1 fully saturated rings. The number of amides is 1. The van der Waals surface area contributed by atoms with Gasteiger partial charge in [-0.2, -0.15) is 0 Å². The van der Waals surface area contributed by atoms with Crippen LogP contribution in [0, 0.1) is 5.82 Å². The van der Waals surface area contributed by atoms with Crippen LogP contribution in [-0.4, -0.2) is 37.0 Å². The van der Waals surface area contributed by atoms with Crippen LogP contribution < -0.4 is 4.90 Å². The Bertz CT molecular complexity index is 687. The predicted octanol–water partition coefficient (Wildman–Crippen LogP) is 3.91. The lowest BCUT2D eigenvalue weighted by Crippen LogP contribution is -2.48. The van der Waals surface area contributed by atoms with Gasteiger partial charge in [-0.05, 0) is 47.9 Å². The Morgan fingerprint density at radius 3 is 2.04 bits per heavy atom. The first-order chi connectivity index (χ1) is 11.5. The van der Waals surface area contributed by atoms with E-state index in [4.69, 9.17) is 0 Å². The highest BCUT2D eigenvalue weighted by atomic mass is 19.1. The van der Waals surface area contributed by atoms with E-state index in [1.54, 1.807) is 12.1 Å². The third kappa shape index (κ3) is 3.58. The van der Waals surface area contributed by atoms with Gasteiger partial charge >= 0.3 is 0 Å². The molecule has 0 saturated carbocycles. The molecule has 0 N–H and O–H groups in total. The normalized spacial score (nSPS) is 15.0. The Hall–Kier alpha value is -2.36. The Morgan fingerprint density at radius 2 is 1.50 bits per heavy atom. The van der Waals surface area contributed by atoms with E-state index >= 15 is 0 Å². The van der Waals surface area contributed by atoms with Crippen LogP contribution in [0.3, 0.4) is 0 Å². The topological polar surface area (TPSA) is 23.6 Å². The highest BCUT2D eigenvalue weighted by molar-refractivity contribution is 5.94. The number of nitrogens with zero attached hydrogens (tertiary/aromatic N) is 2. The van der Waals surface area contributed by atoms with E-state index < -0.39 is 0 Å². The van der Waals surface area contributed by atoms with Crippen molar-refractivity contribution in [3.8, 4) is 0 Å². The summed E-state index contributed by atoms with van der Waals surface area (Å²) in [5.74, 6) is 0.329. The summed E-state index contributed by atoms with van der Waals surface area (Å²) in [7, 11) is 0. The minimum atomic E-state index is -0.225. The smallest absolute Gasteiger partial charge is 0.253 e. The number of hydrogen-bond donors (Lipinski definition) is 0. The van der Waals surface area contributed by atoms with Crippen LogP contribution >= 0.6 is 0 Å². The van der Waals surface area contributed by atoms with Gasteiger partial charge in [-0.3, -0.25) is 4.79 Å². The molecule has 1 amide bonds. The Balaban J connectivity index is 1.61. The molecule has 24 heavy (non-hydrogen) atoms. The van der Waals surface area contributed by atoms with Gasteiger partial charge in [-0.1, -0.05) is 26.0 Å². The van der Waals surface area contributed by atoms with Crippen LogP contribution in [0.25, 0.3) is 0 Å². The number of benzene rings is 2. The molecule has 1 heterocycles. The van der Waals surface area contributed by atoms with Crippen molar-refractivity contribution in [3.63, 3.8) is 0 Å². The largest absolute Gasteiger partial charge is 0.368 e. The zero-order chi connectivity index (χ0) is 17.1. The molecule has 2 aromatic rings. The van der Waals surface area contributed by atoms with Crippen molar-refractivity contribution in [3.05, 3.63) is 65.5 Å². The minimum Gasteiger partial charge on any atom is -0.368 e. The first kappa shape index (κ1) is 16.5. The van der Waals surface area contributed by atoms with Gasteiger partial charge in [-0.15, -0.1) is 0 Å². The van der Waals surface area contributed by atoms with Crippen molar-refractivity contribution in [2.75, 3.05) is 31.1 Å². The van der Waals surface area contributed by atoms with Crippen LogP contribution in [0.15, 0.2) is 48.5 Å². The molecule has 0 radical (unpaired) electrons. The molecule has 0 aliphatic carbocycles. The van der Waals surface area contributed by atoms with Crippen LogP contribution in [0.4, 0.5) is 10.1 Å². The maximum absolute atomic E-state index is 13.0. The molecule has 126 valence electrons. The first-order valence-corrected chi connectivity index (χ1v) is 8.44. The third-order valence-corrected chi connectivity index (χ3v) is 4.58. The average Bonchev–Trinajstić information content (AvgIpc) is 2.62. The summed E-state index contributed by atoms with van der Waals surface area (Å²) in [6.45, 7) is 7.18. The summed E-state index contributed by atoms with van der Waals surface area (Å²) in [6.07, 6.45) is 0. The number of carbonyl (C=O) groups excluding carboxylic acids is 1. The molecule has 0 atom stereocenters. The van der Waals surface area contributed by atoms with Crippen molar-refractivity contribution in [1.29, 1.82) is 0 Å². The summed E-state index contributed by atoms with van der Waals surface area (Å²) in [4.78, 5) is 16.7. The van der Waals surface area contributed by atoms with Crippen molar-refractivity contribution in [2.24, 2.45) is 0 Å². The molecule has 2 aromatic carbocycles. The molecule has 1 aliphatic rings. The van der Waals surface area contributed by atoms with Gasteiger partial charge in [0.2, 0.25) is 0 Å². The number of rotatable bonds is 3. The van der Waals surface area contributed by atoms with Gasteiger partial charge in [0.1, 0.15) is 5.82 Å². The molecule has 0 unspecified atom stereocenters. The van der Waals surface area contributed by atoms with Crippen molar-refractivity contribution >= 4 is 11.6 Å². The third-order valence-electron chi connectivity index (χ3n) is 4.58. The molecular weight excluding hydrogens is 303 g/mol. The standard InChI is InChI=1S/C20H23FN2O/c1-15(2)16-3-5-17(6-4-16)20(24)23-13-11-22(12-14-23)19-9-7-18(21)8-10-19/h3-10,15H,11-14H2,1-2H3. The Morgan fingerprint density at radius 1 is 0.917 bits per heavy atom. The lowest BCUT2D eigenvalue weighted by atomic mass is 10.0. The van der Waals surface area contributed by atoms with Gasteiger partial charge in [0.15, 0.2) is 0 Å². The number of piperazine rings is 1. The summed E-state index contributed by atoms with van der Waals surface area (Å²) in [5, 5.41) is 0. The van der Waals surface area contributed by atoms with E-state index in [0.717, 1.165) is 24.3 Å². The number of halogens is 1. The second-order valence-corrected chi connectivity index (χ2v) is 6.53. The van der Waals surface area contributed by atoms with Crippen LogP contribution in [0.5, 0.6) is 0 Å². The summed E-state index contributed by atoms with van der Waals surface area (Å²) >= 11 is 0. The summed E-state index contributed by atoms with van der Waals surface area (Å²) in [5.41, 5.74) is 2.99. The quantitative estimate of drug-likeness (QED) is 0.854. The average molecular weight is 326 g/mol. The zero-order valence-corrected chi connectivity index (χ0v) is 14.2.